The van der Waals surface area contributed by atoms with Gasteiger partial charge in [0.25, 0.3) is 0 Å². The molecule has 0 bridgehead atoms. The highest BCUT2D eigenvalue weighted by Crippen LogP contribution is 2.19. The highest BCUT2D eigenvalue weighted by atomic mass is 17.2. The number of hydrogen-bond donors (Lipinski definition) is 1. The van der Waals surface area contributed by atoms with Crippen LogP contribution >= 0.6 is 0 Å². The van der Waals surface area contributed by atoms with Gasteiger partial charge in [0.05, 0.1) is 12.5 Å². The lowest BCUT2D eigenvalue weighted by molar-refractivity contribution is -0.276. The Morgan fingerprint density at radius 2 is 1.59 bits per heavy atom. The van der Waals surface area contributed by atoms with Crippen LogP contribution in [0.3, 0.4) is 0 Å². The van der Waals surface area contributed by atoms with E-state index in [0.717, 1.165) is 38.5 Å². The molecule has 0 amide bonds. The molecule has 22 heavy (non-hydrogen) atoms. The van der Waals surface area contributed by atoms with E-state index in [2.05, 4.69) is 13.8 Å². The molecule has 1 unspecified atom stereocenters. The zero-order valence-electron chi connectivity index (χ0n) is 14.1. The average molecular weight is 316 g/mol. The van der Waals surface area contributed by atoms with Crippen LogP contribution in [0.5, 0.6) is 0 Å². The molecule has 0 aliphatic carbocycles. The van der Waals surface area contributed by atoms with E-state index in [0.29, 0.717) is 12.8 Å². The Hall–Kier alpha value is -1.10. The van der Waals surface area contributed by atoms with Gasteiger partial charge in [-0.2, -0.15) is 4.89 Å². The molecule has 0 heterocycles. The second-order valence-electron chi connectivity index (χ2n) is 5.76. The van der Waals surface area contributed by atoms with Crippen LogP contribution < -0.4 is 0 Å². The molecule has 130 valence electrons. The van der Waals surface area contributed by atoms with Gasteiger partial charge in [-0.1, -0.05) is 52.4 Å². The molecule has 0 aromatic carbocycles. The Labute approximate surface area is 134 Å². The van der Waals surface area contributed by atoms with Crippen molar-refractivity contribution in [1.82, 2.24) is 0 Å². The minimum atomic E-state index is -0.816. The van der Waals surface area contributed by atoms with Crippen LogP contribution in [0.15, 0.2) is 0 Å². The summed E-state index contributed by atoms with van der Waals surface area (Å²) in [6.07, 6.45) is 9.62. The number of carboxylic acid groups (broad SMARTS) is 1. The maximum atomic E-state index is 12.0. The number of hydrogen-bond acceptors (Lipinski definition) is 4. The Balaban J connectivity index is 3.86. The number of unbranched alkanes of at least 4 members (excludes halogenated alkanes) is 5. The summed E-state index contributed by atoms with van der Waals surface area (Å²) < 4.78 is 0. The number of carbonyl (C=O) groups excluding carboxylic acids is 1. The van der Waals surface area contributed by atoms with Gasteiger partial charge in [-0.05, 0) is 25.7 Å². The number of rotatable bonds is 15. The summed E-state index contributed by atoms with van der Waals surface area (Å²) in [7, 11) is 0. The van der Waals surface area contributed by atoms with E-state index in [9.17, 15) is 9.59 Å². The molecule has 5 heteroatoms. The number of carbonyl (C=O) groups is 2. The van der Waals surface area contributed by atoms with Crippen molar-refractivity contribution in [2.45, 2.75) is 84.5 Å². The van der Waals surface area contributed by atoms with Crippen molar-refractivity contribution in [3.63, 3.8) is 0 Å². The number of carboxylic acids is 1. The summed E-state index contributed by atoms with van der Waals surface area (Å²) in [4.78, 5) is 32.2. The Bertz CT molecular complexity index is 291. The van der Waals surface area contributed by atoms with Crippen molar-refractivity contribution in [3.8, 4) is 0 Å². The van der Waals surface area contributed by atoms with Gasteiger partial charge in [0.15, 0.2) is 0 Å². The van der Waals surface area contributed by atoms with E-state index in [1.807, 2.05) is 0 Å². The predicted molar refractivity (Wildman–Crippen MR) is 85.3 cm³/mol. The fourth-order valence-electron chi connectivity index (χ4n) is 2.25. The molecule has 0 radical (unpaired) electrons. The van der Waals surface area contributed by atoms with Gasteiger partial charge < -0.3 is 5.11 Å². The molecule has 0 aromatic rings. The molecular weight excluding hydrogens is 284 g/mol. The van der Waals surface area contributed by atoms with Gasteiger partial charge in [-0.3, -0.25) is 9.68 Å². The monoisotopic (exact) mass is 316 g/mol. The van der Waals surface area contributed by atoms with Gasteiger partial charge in [0.1, 0.15) is 0 Å². The van der Waals surface area contributed by atoms with Gasteiger partial charge in [-0.15, -0.1) is 0 Å². The molecule has 0 fully saturated rings. The first-order valence-corrected chi connectivity index (χ1v) is 8.66. The first-order chi connectivity index (χ1) is 10.6. The second-order valence-corrected chi connectivity index (χ2v) is 5.76. The topological polar surface area (TPSA) is 72.8 Å². The standard InChI is InChI=1S/C17H32O5/c1-3-5-7-8-12-15(11-6-4-2)17(20)22-21-14-10-9-13-16(18)19/h15H,3-14H2,1-2H3,(H,18,19). The lowest BCUT2D eigenvalue weighted by Crippen LogP contribution is -2.18. The molecule has 0 aromatic heterocycles. The van der Waals surface area contributed by atoms with E-state index >= 15 is 0 Å². The van der Waals surface area contributed by atoms with Crippen molar-refractivity contribution >= 4 is 11.9 Å². The van der Waals surface area contributed by atoms with Crippen molar-refractivity contribution in [3.05, 3.63) is 0 Å². The molecule has 0 rings (SSSR count). The minimum absolute atomic E-state index is 0.0733. The van der Waals surface area contributed by atoms with E-state index in [1.54, 1.807) is 0 Å². The second kappa shape index (κ2) is 14.8. The SMILES string of the molecule is CCCCCCC(CCCC)C(=O)OOCCCCC(=O)O. The summed E-state index contributed by atoms with van der Waals surface area (Å²) >= 11 is 0. The van der Waals surface area contributed by atoms with Crippen molar-refractivity contribution < 1.29 is 24.5 Å². The van der Waals surface area contributed by atoms with Crippen LogP contribution in [0.1, 0.15) is 84.5 Å². The van der Waals surface area contributed by atoms with Crippen LogP contribution in [-0.2, 0) is 19.4 Å². The number of aliphatic carboxylic acids is 1. The maximum absolute atomic E-state index is 12.0. The van der Waals surface area contributed by atoms with Crippen LogP contribution in [0, 0.1) is 5.92 Å². The third-order valence-electron chi connectivity index (χ3n) is 3.65. The molecule has 0 saturated carbocycles. The lowest BCUT2D eigenvalue weighted by Gasteiger charge is -2.14. The van der Waals surface area contributed by atoms with E-state index in [-0.39, 0.29) is 24.9 Å². The van der Waals surface area contributed by atoms with Crippen LogP contribution in [0.25, 0.3) is 0 Å². The predicted octanol–water partition coefficient (Wildman–Crippen LogP) is 4.49. The van der Waals surface area contributed by atoms with E-state index in [4.69, 9.17) is 14.9 Å². The van der Waals surface area contributed by atoms with Crippen LogP contribution in [0.4, 0.5) is 0 Å². The highest BCUT2D eigenvalue weighted by molar-refractivity contribution is 5.71. The largest absolute Gasteiger partial charge is 0.481 e. The molecule has 0 saturated heterocycles. The highest BCUT2D eigenvalue weighted by Gasteiger charge is 2.20. The average Bonchev–Trinajstić information content (AvgIpc) is 2.49. The van der Waals surface area contributed by atoms with Crippen molar-refractivity contribution in [2.75, 3.05) is 6.61 Å². The molecule has 0 aliphatic rings. The summed E-state index contributed by atoms with van der Waals surface area (Å²) in [5, 5.41) is 8.51. The Morgan fingerprint density at radius 1 is 0.909 bits per heavy atom. The van der Waals surface area contributed by atoms with Crippen LogP contribution in [-0.4, -0.2) is 23.7 Å². The molecule has 1 N–H and O–H groups in total. The van der Waals surface area contributed by atoms with Crippen LogP contribution in [0.2, 0.25) is 0 Å². The third kappa shape index (κ3) is 12.6. The van der Waals surface area contributed by atoms with Gasteiger partial charge >= 0.3 is 11.9 Å². The third-order valence-corrected chi connectivity index (χ3v) is 3.65. The normalized spacial score (nSPS) is 12.1. The minimum Gasteiger partial charge on any atom is -0.481 e. The fraction of sp³-hybridized carbons (Fsp3) is 0.882. The molecule has 5 nitrogen and oxygen atoms in total. The fourth-order valence-corrected chi connectivity index (χ4v) is 2.25. The lowest BCUT2D eigenvalue weighted by atomic mass is 9.95. The smallest absolute Gasteiger partial charge is 0.345 e. The first-order valence-electron chi connectivity index (χ1n) is 8.66. The van der Waals surface area contributed by atoms with Crippen molar-refractivity contribution in [2.24, 2.45) is 5.92 Å². The molecule has 0 spiro atoms. The maximum Gasteiger partial charge on any atom is 0.345 e. The molecular formula is C17H32O5. The zero-order chi connectivity index (χ0) is 16.6. The van der Waals surface area contributed by atoms with Gasteiger partial charge in [0, 0.05) is 6.42 Å². The Kier molecular flexibility index (Phi) is 14.1. The summed E-state index contributed by atoms with van der Waals surface area (Å²) in [5.41, 5.74) is 0. The molecule has 1 atom stereocenters. The zero-order valence-corrected chi connectivity index (χ0v) is 14.1. The summed E-state index contributed by atoms with van der Waals surface area (Å²) in [5.74, 6) is -1.16. The van der Waals surface area contributed by atoms with Crippen molar-refractivity contribution in [1.29, 1.82) is 0 Å². The Morgan fingerprint density at radius 3 is 2.23 bits per heavy atom. The summed E-state index contributed by atoms with van der Waals surface area (Å²) in [6, 6.07) is 0. The van der Waals surface area contributed by atoms with Gasteiger partial charge in [-0.25, -0.2) is 4.79 Å². The van der Waals surface area contributed by atoms with E-state index < -0.39 is 5.97 Å². The molecule has 0 aliphatic heterocycles. The van der Waals surface area contributed by atoms with Gasteiger partial charge in [0.2, 0.25) is 0 Å². The first kappa shape index (κ1) is 20.9. The summed E-state index contributed by atoms with van der Waals surface area (Å²) in [6.45, 7) is 4.54. The van der Waals surface area contributed by atoms with E-state index in [1.165, 1.54) is 12.8 Å². The quantitative estimate of drug-likeness (QED) is 0.274.